The summed E-state index contributed by atoms with van der Waals surface area (Å²) in [4.78, 5) is 11.1. The maximum absolute atomic E-state index is 11.1. The number of aryl methyl sites for hydroxylation is 1. The first-order valence-electron chi connectivity index (χ1n) is 4.39. The largest absolute Gasteiger partial charge is 0.358 e. The van der Waals surface area contributed by atoms with Crippen LogP contribution in [0.4, 0.5) is 0 Å². The van der Waals surface area contributed by atoms with E-state index in [2.05, 4.69) is 19.2 Å². The SMILES string of the molecule is CNC(=O)Cn1cc(C)c(C)c1C. The average molecular weight is 180 g/mol. The van der Waals surface area contributed by atoms with E-state index in [1.807, 2.05) is 17.7 Å². The van der Waals surface area contributed by atoms with Crippen LogP contribution in [-0.4, -0.2) is 17.5 Å². The molecule has 0 radical (unpaired) electrons. The van der Waals surface area contributed by atoms with Crippen LogP contribution in [0.2, 0.25) is 0 Å². The maximum Gasteiger partial charge on any atom is 0.239 e. The van der Waals surface area contributed by atoms with Crippen LogP contribution in [0.3, 0.4) is 0 Å². The lowest BCUT2D eigenvalue weighted by atomic mass is 10.2. The molecule has 0 aliphatic heterocycles. The zero-order chi connectivity index (χ0) is 10.0. The Labute approximate surface area is 78.8 Å². The molecule has 1 heterocycles. The Bertz CT molecular complexity index is 326. The number of likely N-dealkylation sites (N-methyl/N-ethyl adjacent to an activating group) is 1. The average Bonchev–Trinajstić information content (AvgIpc) is 2.34. The third-order valence-corrected chi connectivity index (χ3v) is 2.51. The Balaban J connectivity index is 2.90. The summed E-state index contributed by atoms with van der Waals surface area (Å²) in [5, 5.41) is 2.61. The van der Waals surface area contributed by atoms with Gasteiger partial charge in [-0.1, -0.05) is 0 Å². The van der Waals surface area contributed by atoms with Gasteiger partial charge in [-0.25, -0.2) is 0 Å². The van der Waals surface area contributed by atoms with E-state index in [1.54, 1.807) is 7.05 Å². The second-order valence-electron chi connectivity index (χ2n) is 3.32. The van der Waals surface area contributed by atoms with Crippen molar-refractivity contribution < 1.29 is 4.79 Å². The Morgan fingerprint density at radius 1 is 1.46 bits per heavy atom. The molecule has 1 amide bonds. The summed E-state index contributed by atoms with van der Waals surface area (Å²) >= 11 is 0. The van der Waals surface area contributed by atoms with Crippen LogP contribution in [0, 0.1) is 20.8 Å². The minimum atomic E-state index is 0.0399. The van der Waals surface area contributed by atoms with Crippen LogP contribution in [0.5, 0.6) is 0 Å². The van der Waals surface area contributed by atoms with E-state index in [4.69, 9.17) is 0 Å². The van der Waals surface area contributed by atoms with Gasteiger partial charge in [0.2, 0.25) is 5.91 Å². The molecule has 3 nitrogen and oxygen atoms in total. The summed E-state index contributed by atoms with van der Waals surface area (Å²) in [5.74, 6) is 0.0399. The molecule has 0 fully saturated rings. The third-order valence-electron chi connectivity index (χ3n) is 2.51. The molecule has 1 rings (SSSR count). The number of hydrogen-bond acceptors (Lipinski definition) is 1. The molecule has 0 spiro atoms. The molecule has 1 aromatic heterocycles. The fraction of sp³-hybridized carbons (Fsp3) is 0.500. The first-order chi connectivity index (χ1) is 6.06. The molecule has 0 aliphatic rings. The molecule has 0 atom stereocenters. The minimum absolute atomic E-state index is 0.0399. The molecule has 0 bridgehead atoms. The van der Waals surface area contributed by atoms with E-state index in [9.17, 15) is 4.79 Å². The van der Waals surface area contributed by atoms with Gasteiger partial charge in [-0.3, -0.25) is 4.79 Å². The third kappa shape index (κ3) is 1.91. The fourth-order valence-corrected chi connectivity index (χ4v) is 1.33. The molecule has 1 N–H and O–H groups in total. The van der Waals surface area contributed by atoms with Gasteiger partial charge >= 0.3 is 0 Å². The maximum atomic E-state index is 11.1. The number of nitrogens with one attached hydrogen (secondary N) is 1. The molecule has 0 aromatic carbocycles. The monoisotopic (exact) mass is 180 g/mol. The second kappa shape index (κ2) is 3.64. The molecule has 72 valence electrons. The molecular weight excluding hydrogens is 164 g/mol. The predicted molar refractivity (Wildman–Crippen MR) is 52.7 cm³/mol. The molecule has 13 heavy (non-hydrogen) atoms. The van der Waals surface area contributed by atoms with Gasteiger partial charge in [0.15, 0.2) is 0 Å². The van der Waals surface area contributed by atoms with Crippen LogP contribution in [0.1, 0.15) is 16.8 Å². The summed E-state index contributed by atoms with van der Waals surface area (Å²) in [7, 11) is 1.65. The zero-order valence-electron chi connectivity index (χ0n) is 8.64. The zero-order valence-corrected chi connectivity index (χ0v) is 8.64. The highest BCUT2D eigenvalue weighted by Gasteiger charge is 2.07. The lowest BCUT2D eigenvalue weighted by molar-refractivity contribution is -0.121. The van der Waals surface area contributed by atoms with Crippen LogP contribution in [0.15, 0.2) is 6.20 Å². The Morgan fingerprint density at radius 3 is 2.46 bits per heavy atom. The van der Waals surface area contributed by atoms with Crippen molar-refractivity contribution in [2.45, 2.75) is 27.3 Å². The van der Waals surface area contributed by atoms with E-state index in [0.29, 0.717) is 6.54 Å². The van der Waals surface area contributed by atoms with E-state index in [-0.39, 0.29) is 5.91 Å². The number of nitrogens with zero attached hydrogens (tertiary/aromatic N) is 1. The van der Waals surface area contributed by atoms with Crippen LogP contribution < -0.4 is 5.32 Å². The molecule has 1 aromatic rings. The number of carbonyl (C=O) groups excluding carboxylic acids is 1. The number of carbonyl (C=O) groups is 1. The van der Waals surface area contributed by atoms with Crippen molar-refractivity contribution in [1.29, 1.82) is 0 Å². The van der Waals surface area contributed by atoms with Crippen LogP contribution in [0.25, 0.3) is 0 Å². The second-order valence-corrected chi connectivity index (χ2v) is 3.32. The molecule has 0 aliphatic carbocycles. The number of amides is 1. The van der Waals surface area contributed by atoms with Gasteiger partial charge in [0.1, 0.15) is 6.54 Å². The van der Waals surface area contributed by atoms with Gasteiger partial charge < -0.3 is 9.88 Å². The quantitative estimate of drug-likeness (QED) is 0.728. The summed E-state index contributed by atoms with van der Waals surface area (Å²) in [6.07, 6.45) is 2.01. The summed E-state index contributed by atoms with van der Waals surface area (Å²) < 4.78 is 1.98. The van der Waals surface area contributed by atoms with Gasteiger partial charge in [0.05, 0.1) is 0 Å². The van der Waals surface area contributed by atoms with Crippen molar-refractivity contribution in [1.82, 2.24) is 9.88 Å². The summed E-state index contributed by atoms with van der Waals surface area (Å²) in [6.45, 7) is 6.58. The van der Waals surface area contributed by atoms with Gasteiger partial charge in [0, 0.05) is 18.9 Å². The van der Waals surface area contributed by atoms with Gasteiger partial charge in [-0.2, -0.15) is 0 Å². The van der Waals surface area contributed by atoms with Crippen molar-refractivity contribution in [3.05, 3.63) is 23.0 Å². The fourth-order valence-electron chi connectivity index (χ4n) is 1.33. The molecule has 3 heteroatoms. The Kier molecular flexibility index (Phi) is 2.76. The lowest BCUT2D eigenvalue weighted by Gasteiger charge is -2.04. The standard InChI is InChI=1S/C10H16N2O/c1-7-5-12(6-10(13)11-4)9(3)8(7)2/h5H,6H2,1-4H3,(H,11,13). The van der Waals surface area contributed by atoms with Crippen molar-refractivity contribution in [3.63, 3.8) is 0 Å². The van der Waals surface area contributed by atoms with Crippen molar-refractivity contribution in [2.75, 3.05) is 7.05 Å². The molecule has 0 saturated heterocycles. The first-order valence-corrected chi connectivity index (χ1v) is 4.39. The number of hydrogen-bond donors (Lipinski definition) is 1. The highest BCUT2D eigenvalue weighted by molar-refractivity contribution is 5.75. The van der Waals surface area contributed by atoms with E-state index in [1.165, 1.54) is 16.8 Å². The minimum Gasteiger partial charge on any atom is -0.358 e. The topological polar surface area (TPSA) is 34.0 Å². The van der Waals surface area contributed by atoms with Gasteiger partial charge in [-0.15, -0.1) is 0 Å². The van der Waals surface area contributed by atoms with Crippen LogP contribution in [-0.2, 0) is 11.3 Å². The number of rotatable bonds is 2. The Morgan fingerprint density at radius 2 is 2.08 bits per heavy atom. The van der Waals surface area contributed by atoms with Crippen molar-refractivity contribution in [2.24, 2.45) is 0 Å². The molecular formula is C10H16N2O. The predicted octanol–water partition coefficient (Wildman–Crippen LogP) is 1.16. The smallest absolute Gasteiger partial charge is 0.239 e. The lowest BCUT2D eigenvalue weighted by Crippen LogP contribution is -2.23. The van der Waals surface area contributed by atoms with Crippen LogP contribution >= 0.6 is 0 Å². The van der Waals surface area contributed by atoms with Crippen molar-refractivity contribution in [3.8, 4) is 0 Å². The van der Waals surface area contributed by atoms with Gasteiger partial charge in [-0.05, 0) is 31.9 Å². The first kappa shape index (κ1) is 9.84. The van der Waals surface area contributed by atoms with E-state index in [0.717, 1.165) is 0 Å². The van der Waals surface area contributed by atoms with E-state index < -0.39 is 0 Å². The highest BCUT2D eigenvalue weighted by atomic mass is 16.1. The summed E-state index contributed by atoms with van der Waals surface area (Å²) in [5.41, 5.74) is 3.67. The normalized spacial score (nSPS) is 10.2. The highest BCUT2D eigenvalue weighted by Crippen LogP contribution is 2.13. The Hall–Kier alpha value is -1.25. The number of aromatic nitrogens is 1. The van der Waals surface area contributed by atoms with Gasteiger partial charge in [0.25, 0.3) is 0 Å². The summed E-state index contributed by atoms with van der Waals surface area (Å²) in [6, 6.07) is 0. The molecule has 0 saturated carbocycles. The van der Waals surface area contributed by atoms with Crippen molar-refractivity contribution >= 4 is 5.91 Å². The molecule has 0 unspecified atom stereocenters. The van der Waals surface area contributed by atoms with E-state index >= 15 is 0 Å².